The molecule has 2 N–H and O–H groups in total. The predicted molar refractivity (Wildman–Crippen MR) is 83.1 cm³/mol. The Kier molecular flexibility index (Phi) is 4.56. The van der Waals surface area contributed by atoms with E-state index in [1.807, 2.05) is 31.3 Å². The van der Waals surface area contributed by atoms with Crippen LogP contribution >= 0.6 is 15.9 Å². The molecule has 0 bridgehead atoms. The molecule has 0 saturated carbocycles. The molecule has 0 aliphatic heterocycles. The summed E-state index contributed by atoms with van der Waals surface area (Å²) in [6, 6.07) is 12.3. The lowest BCUT2D eigenvalue weighted by molar-refractivity contribution is 0.779. The van der Waals surface area contributed by atoms with E-state index in [0.717, 1.165) is 22.4 Å². The molecule has 1 atom stereocenters. The standard InChI is InChI=1S/C15H18BrN3/c1-11(17)15-7-6-14(9-18-15)19(2)10-12-4-3-5-13(16)8-12/h3-9,11H,10,17H2,1-2H3/t11-/m1/s1. The molecule has 100 valence electrons. The van der Waals surface area contributed by atoms with Crippen molar-refractivity contribution in [3.63, 3.8) is 0 Å². The molecule has 0 saturated heterocycles. The topological polar surface area (TPSA) is 42.1 Å². The molecule has 1 aromatic heterocycles. The minimum Gasteiger partial charge on any atom is -0.369 e. The second-order valence-electron chi connectivity index (χ2n) is 4.72. The third-order valence-corrected chi connectivity index (χ3v) is 3.48. The highest BCUT2D eigenvalue weighted by Crippen LogP contribution is 2.18. The van der Waals surface area contributed by atoms with E-state index in [-0.39, 0.29) is 6.04 Å². The van der Waals surface area contributed by atoms with Gasteiger partial charge in [0.05, 0.1) is 17.6 Å². The van der Waals surface area contributed by atoms with E-state index >= 15 is 0 Å². The minimum absolute atomic E-state index is 0.0237. The number of rotatable bonds is 4. The second kappa shape index (κ2) is 6.17. The van der Waals surface area contributed by atoms with Crippen LogP contribution < -0.4 is 10.6 Å². The van der Waals surface area contributed by atoms with Gasteiger partial charge in [-0.2, -0.15) is 0 Å². The van der Waals surface area contributed by atoms with Crippen LogP contribution in [0.4, 0.5) is 5.69 Å². The van der Waals surface area contributed by atoms with Crippen LogP contribution in [0.5, 0.6) is 0 Å². The van der Waals surface area contributed by atoms with Gasteiger partial charge < -0.3 is 10.6 Å². The Morgan fingerprint density at radius 1 is 1.32 bits per heavy atom. The van der Waals surface area contributed by atoms with Crippen LogP contribution in [-0.2, 0) is 6.54 Å². The first-order valence-corrected chi connectivity index (χ1v) is 7.02. The van der Waals surface area contributed by atoms with Crippen molar-refractivity contribution in [3.8, 4) is 0 Å². The van der Waals surface area contributed by atoms with Crippen molar-refractivity contribution in [1.82, 2.24) is 4.98 Å². The average molecular weight is 320 g/mol. The number of hydrogen-bond donors (Lipinski definition) is 1. The quantitative estimate of drug-likeness (QED) is 0.937. The van der Waals surface area contributed by atoms with Crippen LogP contribution in [0.1, 0.15) is 24.2 Å². The summed E-state index contributed by atoms with van der Waals surface area (Å²) < 4.78 is 1.10. The summed E-state index contributed by atoms with van der Waals surface area (Å²) in [5, 5.41) is 0. The van der Waals surface area contributed by atoms with Gasteiger partial charge in [0.15, 0.2) is 0 Å². The summed E-state index contributed by atoms with van der Waals surface area (Å²) in [4.78, 5) is 6.55. The lowest BCUT2D eigenvalue weighted by Gasteiger charge is -2.19. The second-order valence-corrected chi connectivity index (χ2v) is 5.63. The van der Waals surface area contributed by atoms with Crippen LogP contribution in [0.15, 0.2) is 47.1 Å². The lowest BCUT2D eigenvalue weighted by atomic mass is 10.2. The Morgan fingerprint density at radius 3 is 2.68 bits per heavy atom. The summed E-state index contributed by atoms with van der Waals surface area (Å²) >= 11 is 3.49. The van der Waals surface area contributed by atoms with Crippen molar-refractivity contribution in [2.24, 2.45) is 5.73 Å². The summed E-state index contributed by atoms with van der Waals surface area (Å²) in [6.45, 7) is 2.78. The molecule has 0 radical (unpaired) electrons. The fraction of sp³-hybridized carbons (Fsp3) is 0.267. The number of nitrogens with zero attached hydrogens (tertiary/aromatic N) is 2. The number of pyridine rings is 1. The van der Waals surface area contributed by atoms with Crippen LogP contribution in [-0.4, -0.2) is 12.0 Å². The maximum absolute atomic E-state index is 5.80. The van der Waals surface area contributed by atoms with Crippen molar-refractivity contribution in [1.29, 1.82) is 0 Å². The molecule has 3 nitrogen and oxygen atoms in total. The molecule has 0 aliphatic rings. The Hall–Kier alpha value is -1.39. The number of anilines is 1. The molecule has 1 heterocycles. The van der Waals surface area contributed by atoms with Gasteiger partial charge in [0, 0.05) is 24.1 Å². The van der Waals surface area contributed by atoms with E-state index in [1.54, 1.807) is 0 Å². The zero-order valence-electron chi connectivity index (χ0n) is 11.2. The first-order valence-electron chi connectivity index (χ1n) is 6.23. The van der Waals surface area contributed by atoms with Gasteiger partial charge in [0.25, 0.3) is 0 Å². The highest BCUT2D eigenvalue weighted by atomic mass is 79.9. The van der Waals surface area contributed by atoms with Gasteiger partial charge in [-0.05, 0) is 36.8 Å². The van der Waals surface area contributed by atoms with E-state index in [2.05, 4.69) is 51.1 Å². The summed E-state index contributed by atoms with van der Waals surface area (Å²) in [7, 11) is 2.06. The van der Waals surface area contributed by atoms with Crippen molar-refractivity contribution in [2.75, 3.05) is 11.9 Å². The number of nitrogens with two attached hydrogens (primary N) is 1. The van der Waals surface area contributed by atoms with E-state index in [0.29, 0.717) is 0 Å². The van der Waals surface area contributed by atoms with Gasteiger partial charge in [-0.15, -0.1) is 0 Å². The fourth-order valence-corrected chi connectivity index (χ4v) is 2.34. The normalized spacial score (nSPS) is 12.2. The Bertz CT molecular complexity index is 537. The van der Waals surface area contributed by atoms with Crippen LogP contribution in [0.25, 0.3) is 0 Å². The number of hydrogen-bond acceptors (Lipinski definition) is 3. The average Bonchev–Trinajstić information content (AvgIpc) is 2.39. The van der Waals surface area contributed by atoms with Crippen molar-refractivity contribution < 1.29 is 0 Å². The van der Waals surface area contributed by atoms with Gasteiger partial charge in [0.1, 0.15) is 0 Å². The lowest BCUT2D eigenvalue weighted by Crippen LogP contribution is -2.17. The third kappa shape index (κ3) is 3.78. The molecule has 1 aromatic carbocycles. The molecule has 0 aliphatic carbocycles. The van der Waals surface area contributed by atoms with E-state index < -0.39 is 0 Å². The highest BCUT2D eigenvalue weighted by Gasteiger charge is 2.05. The maximum atomic E-state index is 5.80. The number of aromatic nitrogens is 1. The summed E-state index contributed by atoms with van der Waals surface area (Å²) in [6.07, 6.45) is 1.87. The summed E-state index contributed by atoms with van der Waals surface area (Å²) in [5.74, 6) is 0. The largest absolute Gasteiger partial charge is 0.369 e. The Labute approximate surface area is 122 Å². The van der Waals surface area contributed by atoms with Crippen molar-refractivity contribution in [2.45, 2.75) is 19.5 Å². The summed E-state index contributed by atoms with van der Waals surface area (Å²) in [5.41, 5.74) is 9.06. The molecule has 0 fully saturated rings. The zero-order valence-corrected chi connectivity index (χ0v) is 12.8. The molecule has 0 spiro atoms. The molecular formula is C15H18BrN3. The molecule has 2 aromatic rings. The molecule has 0 amide bonds. The first-order chi connectivity index (χ1) is 9.06. The molecular weight excluding hydrogens is 302 g/mol. The highest BCUT2D eigenvalue weighted by molar-refractivity contribution is 9.10. The van der Waals surface area contributed by atoms with Crippen molar-refractivity contribution in [3.05, 3.63) is 58.3 Å². The van der Waals surface area contributed by atoms with E-state index in [9.17, 15) is 0 Å². The predicted octanol–water partition coefficient (Wildman–Crippen LogP) is 3.50. The third-order valence-electron chi connectivity index (χ3n) is 2.99. The van der Waals surface area contributed by atoms with Crippen LogP contribution in [0.2, 0.25) is 0 Å². The van der Waals surface area contributed by atoms with Gasteiger partial charge in [-0.1, -0.05) is 28.1 Å². The molecule has 0 unspecified atom stereocenters. The number of benzene rings is 1. The Balaban J connectivity index is 2.09. The monoisotopic (exact) mass is 319 g/mol. The van der Waals surface area contributed by atoms with Gasteiger partial charge in [-0.25, -0.2) is 0 Å². The van der Waals surface area contributed by atoms with Gasteiger partial charge in [0.2, 0.25) is 0 Å². The van der Waals surface area contributed by atoms with Gasteiger partial charge in [-0.3, -0.25) is 4.98 Å². The fourth-order valence-electron chi connectivity index (χ4n) is 1.89. The maximum Gasteiger partial charge on any atom is 0.0569 e. The van der Waals surface area contributed by atoms with E-state index in [4.69, 9.17) is 5.73 Å². The minimum atomic E-state index is -0.0237. The zero-order chi connectivity index (χ0) is 13.8. The molecule has 2 rings (SSSR count). The van der Waals surface area contributed by atoms with Gasteiger partial charge >= 0.3 is 0 Å². The molecule has 19 heavy (non-hydrogen) atoms. The Morgan fingerprint density at radius 2 is 2.11 bits per heavy atom. The number of halogens is 1. The molecule has 4 heteroatoms. The van der Waals surface area contributed by atoms with Crippen LogP contribution in [0, 0.1) is 0 Å². The van der Waals surface area contributed by atoms with Crippen molar-refractivity contribution >= 4 is 21.6 Å². The van der Waals surface area contributed by atoms with E-state index in [1.165, 1.54) is 5.56 Å². The van der Waals surface area contributed by atoms with Crippen LogP contribution in [0.3, 0.4) is 0 Å². The first kappa shape index (κ1) is 14.0. The SMILES string of the molecule is C[C@@H](N)c1ccc(N(C)Cc2cccc(Br)c2)cn1. The smallest absolute Gasteiger partial charge is 0.0569 e.